The lowest BCUT2D eigenvalue weighted by molar-refractivity contribution is -0.0454. The Morgan fingerprint density at radius 1 is 1.28 bits per heavy atom. The number of hydrogen-bond acceptors (Lipinski definition) is 3. The molecular formula is C12H15ClN2O3. The van der Waals surface area contributed by atoms with Crippen LogP contribution in [0.15, 0.2) is 24.3 Å². The molecule has 2 rings (SSSR count). The molecule has 1 aromatic rings. The summed E-state index contributed by atoms with van der Waals surface area (Å²) in [6.07, 6.45) is 0.453. The molecule has 98 valence electrons. The van der Waals surface area contributed by atoms with Gasteiger partial charge in [-0.3, -0.25) is 0 Å². The van der Waals surface area contributed by atoms with Crippen LogP contribution in [0.2, 0.25) is 5.02 Å². The third kappa shape index (κ3) is 4.18. The van der Waals surface area contributed by atoms with Crippen LogP contribution in [-0.2, 0) is 9.47 Å². The van der Waals surface area contributed by atoms with Crippen molar-refractivity contribution < 1.29 is 14.3 Å². The van der Waals surface area contributed by atoms with Crippen molar-refractivity contribution in [1.82, 2.24) is 5.32 Å². The molecule has 1 aliphatic heterocycles. The first-order chi connectivity index (χ1) is 8.74. The Morgan fingerprint density at radius 3 is 2.61 bits per heavy atom. The highest BCUT2D eigenvalue weighted by molar-refractivity contribution is 6.30. The van der Waals surface area contributed by atoms with Gasteiger partial charge in [-0.25, -0.2) is 4.79 Å². The molecule has 0 bridgehead atoms. The van der Waals surface area contributed by atoms with Gasteiger partial charge in [-0.05, 0) is 24.3 Å². The Balaban J connectivity index is 1.66. The number of halogens is 1. The Morgan fingerprint density at radius 2 is 1.94 bits per heavy atom. The monoisotopic (exact) mass is 270 g/mol. The van der Waals surface area contributed by atoms with E-state index in [-0.39, 0.29) is 12.3 Å². The van der Waals surface area contributed by atoms with Gasteiger partial charge in [0.05, 0.1) is 13.2 Å². The van der Waals surface area contributed by atoms with E-state index in [4.69, 9.17) is 21.1 Å². The summed E-state index contributed by atoms with van der Waals surface area (Å²) in [5, 5.41) is 6.07. The van der Waals surface area contributed by atoms with E-state index in [1.165, 1.54) is 0 Å². The minimum Gasteiger partial charge on any atom is -0.350 e. The lowest BCUT2D eigenvalue weighted by atomic mass is 10.3. The summed E-state index contributed by atoms with van der Waals surface area (Å²) in [7, 11) is 0. The van der Waals surface area contributed by atoms with Gasteiger partial charge in [-0.1, -0.05) is 11.6 Å². The van der Waals surface area contributed by atoms with Crippen LogP contribution in [0, 0.1) is 0 Å². The van der Waals surface area contributed by atoms with Gasteiger partial charge >= 0.3 is 6.03 Å². The normalized spacial score (nSPS) is 15.6. The molecule has 2 N–H and O–H groups in total. The van der Waals surface area contributed by atoms with Crippen molar-refractivity contribution in [2.75, 3.05) is 25.1 Å². The molecule has 1 fully saturated rings. The second-order valence-corrected chi connectivity index (χ2v) is 4.28. The molecule has 0 atom stereocenters. The largest absolute Gasteiger partial charge is 0.350 e. The number of rotatable bonds is 4. The molecule has 0 saturated carbocycles. The zero-order valence-electron chi connectivity index (χ0n) is 9.82. The first-order valence-electron chi connectivity index (χ1n) is 5.78. The van der Waals surface area contributed by atoms with E-state index < -0.39 is 0 Å². The van der Waals surface area contributed by atoms with Gasteiger partial charge in [0.15, 0.2) is 6.29 Å². The van der Waals surface area contributed by atoms with Crippen molar-refractivity contribution in [1.29, 1.82) is 0 Å². The van der Waals surface area contributed by atoms with Gasteiger partial charge in [-0.2, -0.15) is 0 Å². The average molecular weight is 271 g/mol. The van der Waals surface area contributed by atoms with E-state index in [1.54, 1.807) is 24.3 Å². The zero-order chi connectivity index (χ0) is 12.8. The van der Waals surface area contributed by atoms with Crippen LogP contribution in [0.25, 0.3) is 0 Å². The molecule has 5 nitrogen and oxygen atoms in total. The van der Waals surface area contributed by atoms with Crippen molar-refractivity contribution in [2.24, 2.45) is 0 Å². The first-order valence-corrected chi connectivity index (χ1v) is 6.15. The van der Waals surface area contributed by atoms with Crippen LogP contribution < -0.4 is 10.6 Å². The highest BCUT2D eigenvalue weighted by Gasteiger charge is 2.15. The predicted octanol–water partition coefficient (Wildman–Crippen LogP) is 2.22. The maximum absolute atomic E-state index is 11.5. The van der Waals surface area contributed by atoms with Crippen LogP contribution in [0.3, 0.4) is 0 Å². The van der Waals surface area contributed by atoms with Gasteiger partial charge < -0.3 is 20.1 Å². The highest BCUT2D eigenvalue weighted by atomic mass is 35.5. The standard InChI is InChI=1S/C12H15ClN2O3/c13-9-1-3-10(4-2-9)15-12(16)14-6-5-11-17-7-8-18-11/h1-4,11H,5-8H2,(H2,14,15,16). The molecule has 6 heteroatoms. The zero-order valence-corrected chi connectivity index (χ0v) is 10.6. The molecule has 0 aromatic heterocycles. The number of carbonyl (C=O) groups excluding carboxylic acids is 1. The Labute approximate surface area is 110 Å². The summed E-state index contributed by atoms with van der Waals surface area (Å²) in [4.78, 5) is 11.5. The minimum absolute atomic E-state index is 0.194. The van der Waals surface area contributed by atoms with Crippen LogP contribution in [-0.4, -0.2) is 32.1 Å². The van der Waals surface area contributed by atoms with Crippen molar-refractivity contribution in [3.8, 4) is 0 Å². The van der Waals surface area contributed by atoms with Gasteiger partial charge in [0.1, 0.15) is 0 Å². The van der Waals surface area contributed by atoms with Crippen LogP contribution in [0.4, 0.5) is 10.5 Å². The van der Waals surface area contributed by atoms with Crippen molar-refractivity contribution in [3.05, 3.63) is 29.3 Å². The van der Waals surface area contributed by atoms with E-state index in [9.17, 15) is 4.79 Å². The van der Waals surface area contributed by atoms with Gasteiger partial charge in [0.25, 0.3) is 0 Å². The predicted molar refractivity (Wildman–Crippen MR) is 68.8 cm³/mol. The summed E-state index contributed by atoms with van der Waals surface area (Å²) in [5.41, 5.74) is 0.699. The lowest BCUT2D eigenvalue weighted by Crippen LogP contribution is -2.31. The maximum atomic E-state index is 11.5. The summed E-state index contributed by atoms with van der Waals surface area (Å²) in [6, 6.07) is 6.67. The maximum Gasteiger partial charge on any atom is 0.319 e. The van der Waals surface area contributed by atoms with Crippen molar-refractivity contribution >= 4 is 23.3 Å². The molecule has 1 saturated heterocycles. The van der Waals surface area contributed by atoms with E-state index >= 15 is 0 Å². The van der Waals surface area contributed by atoms with Gasteiger partial charge in [0.2, 0.25) is 0 Å². The number of anilines is 1. The molecular weight excluding hydrogens is 256 g/mol. The van der Waals surface area contributed by atoms with E-state index in [0.29, 0.717) is 36.9 Å². The number of urea groups is 1. The number of hydrogen-bond donors (Lipinski definition) is 2. The van der Waals surface area contributed by atoms with Gasteiger partial charge in [0, 0.05) is 23.7 Å². The van der Waals surface area contributed by atoms with Crippen LogP contribution in [0.5, 0.6) is 0 Å². The molecule has 18 heavy (non-hydrogen) atoms. The lowest BCUT2D eigenvalue weighted by Gasteiger charge is -2.10. The molecule has 1 aromatic carbocycles. The summed E-state index contributed by atoms with van der Waals surface area (Å²) in [6.45, 7) is 1.76. The summed E-state index contributed by atoms with van der Waals surface area (Å²) >= 11 is 5.75. The summed E-state index contributed by atoms with van der Waals surface area (Å²) < 4.78 is 10.5. The molecule has 0 unspecified atom stereocenters. The topological polar surface area (TPSA) is 59.6 Å². The summed E-state index contributed by atoms with van der Waals surface area (Å²) in [5.74, 6) is 0. The number of carbonyl (C=O) groups is 1. The second-order valence-electron chi connectivity index (χ2n) is 3.85. The fourth-order valence-electron chi connectivity index (χ4n) is 1.59. The number of benzene rings is 1. The van der Waals surface area contributed by atoms with E-state index in [1.807, 2.05) is 0 Å². The first kappa shape index (κ1) is 13.1. The molecule has 0 spiro atoms. The Bertz CT molecular complexity index is 391. The highest BCUT2D eigenvalue weighted by Crippen LogP contribution is 2.13. The molecule has 0 aliphatic carbocycles. The fraction of sp³-hybridized carbons (Fsp3) is 0.417. The Hall–Kier alpha value is -1.30. The number of amides is 2. The fourth-order valence-corrected chi connectivity index (χ4v) is 1.71. The molecule has 0 radical (unpaired) electrons. The van der Waals surface area contributed by atoms with Gasteiger partial charge in [-0.15, -0.1) is 0 Å². The molecule has 1 aliphatic rings. The van der Waals surface area contributed by atoms with Crippen molar-refractivity contribution in [3.63, 3.8) is 0 Å². The van der Waals surface area contributed by atoms with E-state index in [0.717, 1.165) is 0 Å². The second kappa shape index (κ2) is 6.58. The minimum atomic E-state index is -0.254. The SMILES string of the molecule is O=C(NCCC1OCCO1)Nc1ccc(Cl)cc1. The molecule has 1 heterocycles. The van der Waals surface area contributed by atoms with Crippen molar-refractivity contribution in [2.45, 2.75) is 12.7 Å². The third-order valence-electron chi connectivity index (χ3n) is 2.46. The quantitative estimate of drug-likeness (QED) is 0.882. The Kier molecular flexibility index (Phi) is 4.81. The number of nitrogens with one attached hydrogen (secondary N) is 2. The average Bonchev–Trinajstić information content (AvgIpc) is 2.85. The van der Waals surface area contributed by atoms with Crippen LogP contribution in [0.1, 0.15) is 6.42 Å². The molecule has 2 amide bonds. The number of ether oxygens (including phenoxy) is 2. The van der Waals surface area contributed by atoms with Crippen LogP contribution >= 0.6 is 11.6 Å². The van der Waals surface area contributed by atoms with E-state index in [2.05, 4.69) is 10.6 Å². The third-order valence-corrected chi connectivity index (χ3v) is 2.71. The smallest absolute Gasteiger partial charge is 0.319 e.